The number of ether oxygens (including phenoxy) is 1. The number of nitrogens with zero attached hydrogens (tertiary/aromatic N) is 1. The predicted octanol–water partition coefficient (Wildman–Crippen LogP) is 3.77. The van der Waals surface area contributed by atoms with Crippen LogP contribution in [0, 0.1) is 11.6 Å². The van der Waals surface area contributed by atoms with E-state index in [1.165, 1.54) is 0 Å². The highest BCUT2D eigenvalue weighted by Crippen LogP contribution is 2.12. The standard InChI is InChI=1S/C24H23F2N3O3/c25-19-8-9-20(21(26)14-19)24(31)28-11-4-7-22(30)29-15-18-10-12-27-23(13-18)32-16-17-5-2-1-3-6-17/h1-3,5-6,8-10,12-14H,4,7,11,15-16H2,(H,28,31)(H,29,30). The number of pyridine rings is 1. The van der Waals surface area contributed by atoms with E-state index in [1.807, 2.05) is 30.3 Å². The SMILES string of the molecule is O=C(CCCNC(=O)c1ccc(F)cc1F)NCc1ccnc(OCc2ccccc2)c1. The largest absolute Gasteiger partial charge is 0.473 e. The van der Waals surface area contributed by atoms with Crippen molar-refractivity contribution >= 4 is 11.8 Å². The van der Waals surface area contributed by atoms with Crippen molar-refractivity contribution in [2.45, 2.75) is 26.0 Å². The third kappa shape index (κ3) is 7.16. The highest BCUT2D eigenvalue weighted by atomic mass is 19.1. The van der Waals surface area contributed by atoms with Crippen LogP contribution >= 0.6 is 0 Å². The summed E-state index contributed by atoms with van der Waals surface area (Å²) in [7, 11) is 0. The lowest BCUT2D eigenvalue weighted by Crippen LogP contribution is -2.28. The van der Waals surface area contributed by atoms with Crippen molar-refractivity contribution in [3.8, 4) is 5.88 Å². The van der Waals surface area contributed by atoms with Gasteiger partial charge in [-0.2, -0.15) is 0 Å². The first-order valence-corrected chi connectivity index (χ1v) is 10.1. The van der Waals surface area contributed by atoms with E-state index in [4.69, 9.17) is 4.74 Å². The Morgan fingerprint density at radius 3 is 2.53 bits per heavy atom. The molecule has 0 saturated carbocycles. The second-order valence-electron chi connectivity index (χ2n) is 7.04. The molecule has 0 radical (unpaired) electrons. The molecule has 0 bridgehead atoms. The number of benzene rings is 2. The molecule has 0 spiro atoms. The molecule has 166 valence electrons. The van der Waals surface area contributed by atoms with Gasteiger partial charge >= 0.3 is 0 Å². The molecule has 2 amide bonds. The van der Waals surface area contributed by atoms with Crippen LogP contribution in [0.25, 0.3) is 0 Å². The van der Waals surface area contributed by atoms with Crippen molar-refractivity contribution in [1.29, 1.82) is 0 Å². The zero-order chi connectivity index (χ0) is 22.8. The Hall–Kier alpha value is -3.81. The van der Waals surface area contributed by atoms with E-state index >= 15 is 0 Å². The molecule has 0 atom stereocenters. The maximum absolute atomic E-state index is 13.6. The summed E-state index contributed by atoms with van der Waals surface area (Å²) in [5, 5.41) is 5.32. The van der Waals surface area contributed by atoms with Crippen LogP contribution in [0.2, 0.25) is 0 Å². The molecule has 0 aliphatic rings. The second kappa shape index (κ2) is 11.5. The summed E-state index contributed by atoms with van der Waals surface area (Å²) >= 11 is 0. The molecule has 3 rings (SSSR count). The van der Waals surface area contributed by atoms with Gasteiger partial charge in [-0.25, -0.2) is 13.8 Å². The summed E-state index contributed by atoms with van der Waals surface area (Å²) in [6.07, 6.45) is 2.18. The second-order valence-corrected chi connectivity index (χ2v) is 7.04. The van der Waals surface area contributed by atoms with Crippen molar-refractivity contribution in [2.75, 3.05) is 6.54 Å². The molecule has 0 fully saturated rings. The number of aromatic nitrogens is 1. The molecular formula is C24H23F2N3O3. The maximum Gasteiger partial charge on any atom is 0.254 e. The minimum absolute atomic E-state index is 0.184. The Morgan fingerprint density at radius 1 is 0.938 bits per heavy atom. The van der Waals surface area contributed by atoms with E-state index in [1.54, 1.807) is 18.3 Å². The van der Waals surface area contributed by atoms with Gasteiger partial charge in [-0.3, -0.25) is 9.59 Å². The van der Waals surface area contributed by atoms with Crippen LogP contribution in [0.5, 0.6) is 5.88 Å². The molecule has 32 heavy (non-hydrogen) atoms. The van der Waals surface area contributed by atoms with Gasteiger partial charge in [0.1, 0.15) is 18.2 Å². The lowest BCUT2D eigenvalue weighted by molar-refractivity contribution is -0.121. The van der Waals surface area contributed by atoms with Gasteiger partial charge in [-0.05, 0) is 35.7 Å². The maximum atomic E-state index is 13.6. The molecule has 1 heterocycles. The van der Waals surface area contributed by atoms with Gasteiger partial charge in [-0.15, -0.1) is 0 Å². The minimum atomic E-state index is -0.926. The molecule has 0 unspecified atom stereocenters. The van der Waals surface area contributed by atoms with Crippen LogP contribution in [0.3, 0.4) is 0 Å². The van der Waals surface area contributed by atoms with Crippen molar-refractivity contribution in [3.63, 3.8) is 0 Å². The van der Waals surface area contributed by atoms with Crippen molar-refractivity contribution in [3.05, 3.63) is 95.2 Å². The summed E-state index contributed by atoms with van der Waals surface area (Å²) in [6.45, 7) is 0.906. The minimum Gasteiger partial charge on any atom is -0.473 e. The number of carbonyl (C=O) groups is 2. The summed E-state index contributed by atoms with van der Waals surface area (Å²) in [5.41, 5.74) is 1.64. The zero-order valence-electron chi connectivity index (χ0n) is 17.3. The van der Waals surface area contributed by atoms with E-state index in [2.05, 4.69) is 15.6 Å². The smallest absolute Gasteiger partial charge is 0.254 e. The van der Waals surface area contributed by atoms with Crippen molar-refractivity contribution in [2.24, 2.45) is 0 Å². The molecule has 0 aliphatic carbocycles. The highest BCUT2D eigenvalue weighted by Gasteiger charge is 2.12. The molecule has 3 aromatic rings. The number of carbonyl (C=O) groups excluding carboxylic acids is 2. The number of hydrogen-bond donors (Lipinski definition) is 2. The average Bonchev–Trinajstić information content (AvgIpc) is 2.80. The molecule has 1 aromatic heterocycles. The van der Waals surface area contributed by atoms with Gasteiger partial charge in [-0.1, -0.05) is 30.3 Å². The molecule has 8 heteroatoms. The van der Waals surface area contributed by atoms with Crippen molar-refractivity contribution in [1.82, 2.24) is 15.6 Å². The van der Waals surface area contributed by atoms with Gasteiger partial charge in [0.05, 0.1) is 5.56 Å². The predicted molar refractivity (Wildman–Crippen MR) is 115 cm³/mol. The van der Waals surface area contributed by atoms with Gasteiger partial charge in [0.15, 0.2) is 0 Å². The Labute approximate surface area is 184 Å². The molecule has 2 aromatic carbocycles. The zero-order valence-corrected chi connectivity index (χ0v) is 17.3. The van der Waals surface area contributed by atoms with E-state index in [-0.39, 0.29) is 24.4 Å². The summed E-state index contributed by atoms with van der Waals surface area (Å²) in [5.74, 6) is -2.04. The molecule has 2 N–H and O–H groups in total. The van der Waals surface area contributed by atoms with E-state index in [9.17, 15) is 18.4 Å². The number of amides is 2. The number of halogens is 2. The first-order chi connectivity index (χ1) is 15.5. The third-order valence-electron chi connectivity index (χ3n) is 4.56. The molecule has 0 aliphatic heterocycles. The number of nitrogens with one attached hydrogen (secondary N) is 2. The highest BCUT2D eigenvalue weighted by molar-refractivity contribution is 5.94. The van der Waals surface area contributed by atoms with Crippen LogP contribution in [0.15, 0.2) is 66.9 Å². The van der Waals surface area contributed by atoms with Crippen LogP contribution in [-0.2, 0) is 17.9 Å². The van der Waals surface area contributed by atoms with Gasteiger partial charge in [0.2, 0.25) is 11.8 Å². The summed E-state index contributed by atoms with van der Waals surface area (Å²) in [6, 6.07) is 16.0. The fourth-order valence-corrected chi connectivity index (χ4v) is 2.88. The topological polar surface area (TPSA) is 80.3 Å². The number of rotatable bonds is 10. The summed E-state index contributed by atoms with van der Waals surface area (Å²) < 4.78 is 32.2. The van der Waals surface area contributed by atoms with Crippen LogP contribution < -0.4 is 15.4 Å². The summed E-state index contributed by atoms with van der Waals surface area (Å²) in [4.78, 5) is 28.1. The van der Waals surface area contributed by atoms with E-state index in [0.717, 1.165) is 23.3 Å². The Kier molecular flexibility index (Phi) is 8.25. The fourth-order valence-electron chi connectivity index (χ4n) is 2.88. The van der Waals surface area contributed by atoms with Crippen molar-refractivity contribution < 1.29 is 23.1 Å². The van der Waals surface area contributed by atoms with Crippen LogP contribution in [-0.4, -0.2) is 23.3 Å². The first kappa shape index (κ1) is 22.9. The van der Waals surface area contributed by atoms with Gasteiger partial charge < -0.3 is 15.4 Å². The first-order valence-electron chi connectivity index (χ1n) is 10.1. The normalized spacial score (nSPS) is 10.4. The van der Waals surface area contributed by atoms with Gasteiger partial charge in [0, 0.05) is 37.8 Å². The Morgan fingerprint density at radius 2 is 1.75 bits per heavy atom. The molecular weight excluding hydrogens is 416 g/mol. The number of hydrogen-bond acceptors (Lipinski definition) is 4. The fraction of sp³-hybridized carbons (Fsp3) is 0.208. The van der Waals surface area contributed by atoms with E-state index < -0.39 is 17.5 Å². The average molecular weight is 439 g/mol. The monoisotopic (exact) mass is 439 g/mol. The molecule has 6 nitrogen and oxygen atoms in total. The van der Waals surface area contributed by atoms with E-state index in [0.29, 0.717) is 31.5 Å². The Balaban J connectivity index is 1.36. The van der Waals surface area contributed by atoms with Crippen LogP contribution in [0.4, 0.5) is 8.78 Å². The Bertz CT molecular complexity index is 1060. The third-order valence-corrected chi connectivity index (χ3v) is 4.56. The lowest BCUT2D eigenvalue weighted by atomic mass is 10.2. The molecule has 0 saturated heterocycles. The van der Waals surface area contributed by atoms with Gasteiger partial charge in [0.25, 0.3) is 5.91 Å². The quantitative estimate of drug-likeness (QED) is 0.472. The van der Waals surface area contributed by atoms with Crippen LogP contribution in [0.1, 0.15) is 34.3 Å². The lowest BCUT2D eigenvalue weighted by Gasteiger charge is -2.09.